The lowest BCUT2D eigenvalue weighted by Gasteiger charge is -2.23. The summed E-state index contributed by atoms with van der Waals surface area (Å²) in [7, 11) is 0. The number of fused-ring (bicyclic) bond motifs is 1. The summed E-state index contributed by atoms with van der Waals surface area (Å²) in [6, 6.07) is 6.15. The van der Waals surface area contributed by atoms with Gasteiger partial charge in [0.25, 0.3) is 5.91 Å². The Balaban J connectivity index is 1.96. The second-order valence-electron chi connectivity index (χ2n) is 6.71. The molecule has 3 N–H and O–H groups in total. The molecule has 24 heavy (non-hydrogen) atoms. The Morgan fingerprint density at radius 1 is 1.25 bits per heavy atom. The van der Waals surface area contributed by atoms with E-state index in [1.54, 1.807) is 0 Å². The quantitative estimate of drug-likeness (QED) is 0.840. The lowest BCUT2D eigenvalue weighted by molar-refractivity contribution is 0.102. The minimum atomic E-state index is -0.565. The van der Waals surface area contributed by atoms with Crippen molar-refractivity contribution in [2.24, 2.45) is 11.1 Å². The molecule has 0 bridgehead atoms. The Bertz CT molecular complexity index is 836. The smallest absolute Gasteiger partial charge is 0.255 e. The third-order valence-corrected chi connectivity index (χ3v) is 4.80. The molecule has 0 spiro atoms. The van der Waals surface area contributed by atoms with Crippen molar-refractivity contribution in [3.05, 3.63) is 63.7 Å². The summed E-state index contributed by atoms with van der Waals surface area (Å²) in [5.74, 6) is -1.37. The van der Waals surface area contributed by atoms with Crippen LogP contribution in [0.3, 0.4) is 0 Å². The molecule has 0 heterocycles. The molecule has 0 fully saturated rings. The van der Waals surface area contributed by atoms with Gasteiger partial charge >= 0.3 is 0 Å². The van der Waals surface area contributed by atoms with Crippen molar-refractivity contribution in [3.8, 4) is 0 Å². The number of carbonyl (C=O) groups is 1. The van der Waals surface area contributed by atoms with Gasteiger partial charge in [0.1, 0.15) is 11.6 Å². The monoisotopic (exact) mass is 350 g/mol. The number of benzene rings is 2. The molecule has 1 atom stereocenters. The van der Waals surface area contributed by atoms with Crippen LogP contribution in [0.2, 0.25) is 5.02 Å². The molecule has 0 radical (unpaired) electrons. The molecule has 2 aromatic carbocycles. The molecule has 0 aliphatic heterocycles. The normalized spacial score (nSPS) is 18.3. The molecule has 1 aliphatic rings. The summed E-state index contributed by atoms with van der Waals surface area (Å²) in [6.45, 7) is 3.89. The second-order valence-corrected chi connectivity index (χ2v) is 7.12. The molecule has 126 valence electrons. The lowest BCUT2D eigenvalue weighted by atomic mass is 9.86. The molecule has 0 saturated carbocycles. The van der Waals surface area contributed by atoms with Crippen LogP contribution in [-0.2, 0) is 6.42 Å². The highest BCUT2D eigenvalue weighted by Gasteiger charge is 2.40. The number of anilines is 1. The molecule has 2 aromatic rings. The van der Waals surface area contributed by atoms with Gasteiger partial charge in [0.2, 0.25) is 0 Å². The van der Waals surface area contributed by atoms with Crippen molar-refractivity contribution in [2.45, 2.75) is 26.3 Å². The Kier molecular flexibility index (Phi) is 4.10. The molecule has 1 unspecified atom stereocenters. The van der Waals surface area contributed by atoms with E-state index in [1.807, 2.05) is 13.8 Å². The highest BCUT2D eigenvalue weighted by Crippen LogP contribution is 2.46. The van der Waals surface area contributed by atoms with Crippen LogP contribution in [0.25, 0.3) is 0 Å². The van der Waals surface area contributed by atoms with Gasteiger partial charge in [-0.15, -0.1) is 0 Å². The molecule has 1 aliphatic carbocycles. The van der Waals surface area contributed by atoms with Crippen molar-refractivity contribution in [1.29, 1.82) is 0 Å². The number of nitrogens with one attached hydrogen (secondary N) is 1. The van der Waals surface area contributed by atoms with Crippen LogP contribution in [0.15, 0.2) is 30.3 Å². The average Bonchev–Trinajstić information content (AvgIpc) is 2.74. The molecule has 6 heteroatoms. The zero-order valence-electron chi connectivity index (χ0n) is 13.3. The van der Waals surface area contributed by atoms with Gasteiger partial charge in [-0.2, -0.15) is 0 Å². The topological polar surface area (TPSA) is 55.1 Å². The maximum atomic E-state index is 14.2. The highest BCUT2D eigenvalue weighted by molar-refractivity contribution is 6.31. The van der Waals surface area contributed by atoms with Gasteiger partial charge in [0, 0.05) is 22.9 Å². The van der Waals surface area contributed by atoms with E-state index in [9.17, 15) is 13.6 Å². The predicted octanol–water partition coefficient (Wildman–Crippen LogP) is 4.45. The third-order valence-electron chi connectivity index (χ3n) is 4.51. The van der Waals surface area contributed by atoms with Gasteiger partial charge in [-0.3, -0.25) is 4.79 Å². The van der Waals surface area contributed by atoms with E-state index in [0.29, 0.717) is 28.8 Å². The molecule has 3 nitrogen and oxygen atoms in total. The van der Waals surface area contributed by atoms with E-state index >= 15 is 0 Å². The first-order valence-corrected chi connectivity index (χ1v) is 7.92. The maximum absolute atomic E-state index is 14.2. The fourth-order valence-corrected chi connectivity index (χ4v) is 3.28. The summed E-state index contributed by atoms with van der Waals surface area (Å²) in [5.41, 5.74) is 7.57. The summed E-state index contributed by atoms with van der Waals surface area (Å²) in [5, 5.41) is 2.58. The van der Waals surface area contributed by atoms with Gasteiger partial charge in [-0.1, -0.05) is 25.4 Å². The number of halogens is 3. The van der Waals surface area contributed by atoms with Gasteiger partial charge in [-0.05, 0) is 47.7 Å². The molecular formula is C18H17ClF2N2O. The first-order chi connectivity index (χ1) is 11.2. The number of hydrogen-bond acceptors (Lipinski definition) is 2. The standard InChI is InChI=1S/C18H17ClF2N2O/c1-18(2)8-11-10(4-6-14(21)15(11)16(18)22)17(24)23-9-3-5-13(20)12(19)7-9/h3-7,16H,8,22H2,1-2H3,(H,23,24). The fourth-order valence-electron chi connectivity index (χ4n) is 3.10. The van der Waals surface area contributed by atoms with Crippen molar-refractivity contribution in [2.75, 3.05) is 5.32 Å². The Labute approximate surface area is 143 Å². The van der Waals surface area contributed by atoms with E-state index in [1.165, 1.54) is 30.3 Å². The van der Waals surface area contributed by atoms with Gasteiger partial charge in [-0.25, -0.2) is 8.78 Å². The van der Waals surface area contributed by atoms with Gasteiger partial charge < -0.3 is 11.1 Å². The van der Waals surface area contributed by atoms with Crippen LogP contribution in [0, 0.1) is 17.0 Å². The summed E-state index contributed by atoms with van der Waals surface area (Å²) < 4.78 is 27.4. The minimum Gasteiger partial charge on any atom is -0.323 e. The maximum Gasteiger partial charge on any atom is 0.255 e. The van der Waals surface area contributed by atoms with Crippen LogP contribution in [0.4, 0.5) is 14.5 Å². The Morgan fingerprint density at radius 3 is 2.58 bits per heavy atom. The van der Waals surface area contributed by atoms with Gasteiger partial charge in [0.05, 0.1) is 5.02 Å². The minimum absolute atomic E-state index is 0.0831. The van der Waals surface area contributed by atoms with Crippen LogP contribution in [0.5, 0.6) is 0 Å². The van der Waals surface area contributed by atoms with Crippen LogP contribution in [-0.4, -0.2) is 5.91 Å². The zero-order chi connectivity index (χ0) is 17.6. The van der Waals surface area contributed by atoms with E-state index in [2.05, 4.69) is 5.32 Å². The van der Waals surface area contributed by atoms with Crippen molar-refractivity contribution in [1.82, 2.24) is 0 Å². The summed E-state index contributed by atoms with van der Waals surface area (Å²) in [4.78, 5) is 12.6. The largest absolute Gasteiger partial charge is 0.323 e. The molecule has 1 amide bonds. The molecule has 0 aromatic heterocycles. The highest BCUT2D eigenvalue weighted by atomic mass is 35.5. The third kappa shape index (κ3) is 2.78. The van der Waals surface area contributed by atoms with Crippen LogP contribution in [0.1, 0.15) is 41.4 Å². The SMILES string of the molecule is CC1(C)Cc2c(C(=O)Nc3ccc(F)c(Cl)c3)ccc(F)c2C1N. The van der Waals surface area contributed by atoms with Gasteiger partial charge in [0.15, 0.2) is 0 Å². The van der Waals surface area contributed by atoms with E-state index in [0.717, 1.165) is 0 Å². The number of carbonyl (C=O) groups excluding carboxylic acids is 1. The summed E-state index contributed by atoms with van der Waals surface area (Å²) in [6.07, 6.45) is 0.508. The number of amides is 1. The lowest BCUT2D eigenvalue weighted by Crippen LogP contribution is -2.25. The molecule has 3 rings (SSSR count). The van der Waals surface area contributed by atoms with Crippen molar-refractivity contribution < 1.29 is 13.6 Å². The Morgan fingerprint density at radius 2 is 1.92 bits per heavy atom. The van der Waals surface area contributed by atoms with Crippen molar-refractivity contribution >= 4 is 23.2 Å². The van der Waals surface area contributed by atoms with E-state index in [4.69, 9.17) is 17.3 Å². The second kappa shape index (κ2) is 5.83. The first kappa shape index (κ1) is 16.9. The van der Waals surface area contributed by atoms with Crippen molar-refractivity contribution in [3.63, 3.8) is 0 Å². The zero-order valence-corrected chi connectivity index (χ0v) is 14.0. The number of nitrogens with two attached hydrogens (primary N) is 1. The average molecular weight is 351 g/mol. The van der Waals surface area contributed by atoms with E-state index in [-0.39, 0.29) is 10.4 Å². The molecular weight excluding hydrogens is 334 g/mol. The van der Waals surface area contributed by atoms with E-state index < -0.39 is 23.6 Å². The molecule has 0 saturated heterocycles. The van der Waals surface area contributed by atoms with Crippen LogP contribution < -0.4 is 11.1 Å². The fraction of sp³-hybridized carbons (Fsp3) is 0.278. The summed E-state index contributed by atoms with van der Waals surface area (Å²) >= 11 is 5.72. The first-order valence-electron chi connectivity index (χ1n) is 7.54. The van der Waals surface area contributed by atoms with Crippen LogP contribution >= 0.6 is 11.6 Å². The Hall–Kier alpha value is -1.98. The predicted molar refractivity (Wildman–Crippen MR) is 90.2 cm³/mol. The number of rotatable bonds is 2. The number of hydrogen-bond donors (Lipinski definition) is 2.